The molecule has 1 aromatic rings. The van der Waals surface area contributed by atoms with Gasteiger partial charge in [0.1, 0.15) is 0 Å². The zero-order valence-corrected chi connectivity index (χ0v) is 7.90. The quantitative estimate of drug-likeness (QED) is 0.744. The molecule has 5 heteroatoms. The fourth-order valence-electron chi connectivity index (χ4n) is 0.761. The molecule has 1 aromatic heterocycles. The van der Waals surface area contributed by atoms with Gasteiger partial charge in [-0.05, 0) is 18.6 Å². The van der Waals surface area contributed by atoms with Crippen molar-refractivity contribution in [2.45, 2.75) is 33.0 Å². The Bertz CT molecular complexity index is 266. The molecule has 5 nitrogen and oxygen atoms in total. The second-order valence-electron chi connectivity index (χ2n) is 2.87. The molecule has 0 fully saturated rings. The van der Waals surface area contributed by atoms with Crippen LogP contribution in [-0.4, -0.2) is 21.5 Å². The van der Waals surface area contributed by atoms with Crippen molar-refractivity contribution < 1.29 is 4.74 Å². The predicted octanol–water partition coefficient (Wildman–Crippen LogP) is 0.769. The molecule has 0 aromatic carbocycles. The summed E-state index contributed by atoms with van der Waals surface area (Å²) in [5.74, 6) is 0.387. The number of hydrogen-bond donors (Lipinski definition) is 1. The molecule has 0 bridgehead atoms. The van der Waals surface area contributed by atoms with Gasteiger partial charge < -0.3 is 10.5 Å². The molecular formula is C8H14N4O. The Hall–Kier alpha value is -1.23. The van der Waals surface area contributed by atoms with Gasteiger partial charge in [-0.2, -0.15) is 0 Å². The monoisotopic (exact) mass is 182 g/mol. The average molecular weight is 182 g/mol. The highest BCUT2D eigenvalue weighted by Crippen LogP contribution is 2.08. The number of nitrogens with two attached hydrogens (primary N) is 1. The van der Waals surface area contributed by atoms with Crippen molar-refractivity contribution in [3.05, 3.63) is 11.8 Å². The second-order valence-corrected chi connectivity index (χ2v) is 2.87. The van der Waals surface area contributed by atoms with Gasteiger partial charge in [0.15, 0.2) is 5.82 Å². The molecule has 0 aliphatic rings. The molecule has 0 amide bonds. The summed E-state index contributed by atoms with van der Waals surface area (Å²) in [6.07, 6.45) is 2.78. The normalized spacial score (nSPS) is 12.8. The summed E-state index contributed by atoms with van der Waals surface area (Å²) in [7, 11) is 0. The standard InChI is InChI=1S/C8H14N4O/c1-3-6(2)13-5-7-4-10-12-11-8(7)9/h4,6H,3,5H2,1-2H3,(H2,9,10,11). The van der Waals surface area contributed by atoms with E-state index in [4.69, 9.17) is 10.5 Å². The van der Waals surface area contributed by atoms with E-state index < -0.39 is 0 Å². The lowest BCUT2D eigenvalue weighted by molar-refractivity contribution is 0.0508. The number of nitrogen functional groups attached to an aromatic ring is 1. The van der Waals surface area contributed by atoms with Crippen LogP contribution in [0.1, 0.15) is 25.8 Å². The van der Waals surface area contributed by atoms with Crippen LogP contribution in [0.2, 0.25) is 0 Å². The molecule has 0 aliphatic heterocycles. The molecule has 0 saturated carbocycles. The zero-order valence-electron chi connectivity index (χ0n) is 7.90. The highest BCUT2D eigenvalue weighted by atomic mass is 16.5. The maximum atomic E-state index is 5.55. The fraction of sp³-hybridized carbons (Fsp3) is 0.625. The highest BCUT2D eigenvalue weighted by Gasteiger charge is 2.03. The molecule has 72 valence electrons. The minimum atomic E-state index is 0.229. The highest BCUT2D eigenvalue weighted by molar-refractivity contribution is 5.34. The van der Waals surface area contributed by atoms with Crippen LogP contribution in [0, 0.1) is 0 Å². The van der Waals surface area contributed by atoms with Gasteiger partial charge in [0.05, 0.1) is 18.9 Å². The first-order chi connectivity index (χ1) is 6.24. The van der Waals surface area contributed by atoms with Crippen molar-refractivity contribution in [3.63, 3.8) is 0 Å². The van der Waals surface area contributed by atoms with Crippen LogP contribution < -0.4 is 5.73 Å². The van der Waals surface area contributed by atoms with Crippen LogP contribution in [0.3, 0.4) is 0 Å². The molecule has 1 unspecified atom stereocenters. The summed E-state index contributed by atoms with van der Waals surface area (Å²) in [6, 6.07) is 0. The minimum absolute atomic E-state index is 0.229. The molecule has 0 saturated heterocycles. The van der Waals surface area contributed by atoms with Gasteiger partial charge in [-0.25, -0.2) is 0 Å². The van der Waals surface area contributed by atoms with Crippen LogP contribution in [0.15, 0.2) is 6.20 Å². The lowest BCUT2D eigenvalue weighted by Crippen LogP contribution is -2.09. The molecule has 1 rings (SSSR count). The number of aromatic nitrogens is 3. The second kappa shape index (κ2) is 4.71. The number of ether oxygens (including phenoxy) is 1. The van der Waals surface area contributed by atoms with Crippen molar-refractivity contribution in [1.82, 2.24) is 15.4 Å². The number of hydrogen-bond acceptors (Lipinski definition) is 5. The van der Waals surface area contributed by atoms with E-state index in [0.717, 1.165) is 12.0 Å². The van der Waals surface area contributed by atoms with E-state index in [1.807, 2.05) is 6.92 Å². The summed E-state index contributed by atoms with van der Waals surface area (Å²) < 4.78 is 5.47. The lowest BCUT2D eigenvalue weighted by Gasteiger charge is -2.10. The summed E-state index contributed by atoms with van der Waals surface area (Å²) in [5.41, 5.74) is 6.34. The Morgan fingerprint density at radius 1 is 1.62 bits per heavy atom. The summed E-state index contributed by atoms with van der Waals surface area (Å²) in [6.45, 7) is 4.53. The van der Waals surface area contributed by atoms with Crippen molar-refractivity contribution >= 4 is 5.82 Å². The van der Waals surface area contributed by atoms with Gasteiger partial charge in [0, 0.05) is 5.56 Å². The third kappa shape index (κ3) is 2.95. The van der Waals surface area contributed by atoms with Crippen LogP contribution in [0.5, 0.6) is 0 Å². The average Bonchev–Trinajstić information content (AvgIpc) is 2.16. The molecule has 1 heterocycles. The first kappa shape index (κ1) is 9.85. The van der Waals surface area contributed by atoms with E-state index >= 15 is 0 Å². The summed E-state index contributed by atoms with van der Waals surface area (Å²) >= 11 is 0. The maximum absolute atomic E-state index is 5.55. The number of nitrogens with zero attached hydrogens (tertiary/aromatic N) is 3. The van der Waals surface area contributed by atoms with Crippen LogP contribution >= 0.6 is 0 Å². The smallest absolute Gasteiger partial charge is 0.155 e. The summed E-state index contributed by atoms with van der Waals surface area (Å²) in [5, 5.41) is 10.7. The van der Waals surface area contributed by atoms with Crippen LogP contribution in [-0.2, 0) is 11.3 Å². The summed E-state index contributed by atoms with van der Waals surface area (Å²) in [4.78, 5) is 0. The van der Waals surface area contributed by atoms with Crippen LogP contribution in [0.4, 0.5) is 5.82 Å². The zero-order chi connectivity index (χ0) is 9.68. The molecule has 13 heavy (non-hydrogen) atoms. The van der Waals surface area contributed by atoms with E-state index in [1.165, 1.54) is 0 Å². The van der Waals surface area contributed by atoms with E-state index in [2.05, 4.69) is 22.3 Å². The topological polar surface area (TPSA) is 73.9 Å². The largest absolute Gasteiger partial charge is 0.382 e. The SMILES string of the molecule is CCC(C)OCc1cnnnc1N. The molecule has 0 radical (unpaired) electrons. The van der Waals surface area contributed by atoms with E-state index in [0.29, 0.717) is 12.4 Å². The van der Waals surface area contributed by atoms with Crippen molar-refractivity contribution in [3.8, 4) is 0 Å². The van der Waals surface area contributed by atoms with Gasteiger partial charge in [-0.3, -0.25) is 0 Å². The maximum Gasteiger partial charge on any atom is 0.155 e. The Morgan fingerprint density at radius 2 is 2.38 bits per heavy atom. The van der Waals surface area contributed by atoms with Gasteiger partial charge in [0.2, 0.25) is 0 Å². The molecule has 0 aliphatic carbocycles. The molecule has 0 spiro atoms. The van der Waals surface area contributed by atoms with E-state index in [1.54, 1.807) is 6.20 Å². The van der Waals surface area contributed by atoms with Crippen molar-refractivity contribution in [2.75, 3.05) is 5.73 Å². The van der Waals surface area contributed by atoms with Gasteiger partial charge in [-0.15, -0.1) is 10.2 Å². The van der Waals surface area contributed by atoms with Crippen molar-refractivity contribution in [1.29, 1.82) is 0 Å². The van der Waals surface area contributed by atoms with E-state index in [9.17, 15) is 0 Å². The van der Waals surface area contributed by atoms with E-state index in [-0.39, 0.29) is 6.10 Å². The molecule has 1 atom stereocenters. The number of rotatable bonds is 4. The lowest BCUT2D eigenvalue weighted by atomic mass is 10.3. The van der Waals surface area contributed by atoms with Gasteiger partial charge >= 0.3 is 0 Å². The van der Waals surface area contributed by atoms with Gasteiger partial charge in [-0.1, -0.05) is 6.92 Å². The predicted molar refractivity (Wildman–Crippen MR) is 48.8 cm³/mol. The Labute approximate surface area is 77.3 Å². The Morgan fingerprint density at radius 3 is 3.00 bits per heavy atom. The van der Waals surface area contributed by atoms with Crippen molar-refractivity contribution in [2.24, 2.45) is 0 Å². The molecule has 2 N–H and O–H groups in total. The number of anilines is 1. The Balaban J connectivity index is 2.50. The minimum Gasteiger partial charge on any atom is -0.382 e. The first-order valence-electron chi connectivity index (χ1n) is 4.28. The van der Waals surface area contributed by atoms with Gasteiger partial charge in [0.25, 0.3) is 0 Å². The van der Waals surface area contributed by atoms with Crippen LogP contribution in [0.25, 0.3) is 0 Å². The molecular weight excluding hydrogens is 168 g/mol. The Kier molecular flexibility index (Phi) is 3.57. The fourth-order valence-corrected chi connectivity index (χ4v) is 0.761. The first-order valence-corrected chi connectivity index (χ1v) is 4.28. The third-order valence-corrected chi connectivity index (χ3v) is 1.84. The third-order valence-electron chi connectivity index (χ3n) is 1.84.